The van der Waals surface area contributed by atoms with E-state index in [1.54, 1.807) is 18.2 Å². The van der Waals surface area contributed by atoms with Crippen LogP contribution >= 0.6 is 11.3 Å². The zero-order valence-corrected chi connectivity index (χ0v) is 10.6. The first-order valence-electron chi connectivity index (χ1n) is 5.32. The number of carbonyl (C=O) groups excluding carboxylic acids is 1. The Hall–Kier alpha value is -2.48. The van der Waals surface area contributed by atoms with Crippen LogP contribution in [0.25, 0.3) is 0 Å². The maximum absolute atomic E-state index is 11.5. The molecule has 0 aliphatic rings. The van der Waals surface area contributed by atoms with Gasteiger partial charge in [0.1, 0.15) is 10.8 Å². The van der Waals surface area contributed by atoms with Crippen molar-refractivity contribution in [1.29, 1.82) is 0 Å². The Morgan fingerprint density at radius 3 is 3.05 bits per heavy atom. The molecule has 0 atom stereocenters. The molecule has 1 aromatic heterocycles. The number of aromatic nitrogens is 2. The fourth-order valence-electron chi connectivity index (χ4n) is 1.30. The van der Waals surface area contributed by atoms with Gasteiger partial charge in [0.2, 0.25) is 11.0 Å². The summed E-state index contributed by atoms with van der Waals surface area (Å²) in [6.07, 6.45) is 1.51. The Morgan fingerprint density at radius 2 is 2.37 bits per heavy atom. The third-order valence-electron chi connectivity index (χ3n) is 2.07. The van der Waals surface area contributed by atoms with Crippen molar-refractivity contribution in [2.45, 2.75) is 6.42 Å². The van der Waals surface area contributed by atoms with Crippen LogP contribution in [0, 0.1) is 0 Å². The molecule has 0 unspecified atom stereocenters. The SMILES string of the molecule is Nc1nnc(CC(=O)N/N=C/c2cccc(O)c2)s1. The van der Waals surface area contributed by atoms with E-state index in [9.17, 15) is 9.90 Å². The first-order chi connectivity index (χ1) is 9.13. The van der Waals surface area contributed by atoms with E-state index in [0.29, 0.717) is 15.7 Å². The van der Waals surface area contributed by atoms with Crippen LogP contribution in [0.1, 0.15) is 10.6 Å². The molecule has 98 valence electrons. The van der Waals surface area contributed by atoms with E-state index in [4.69, 9.17) is 5.73 Å². The number of nitrogen functional groups attached to an aromatic ring is 1. The van der Waals surface area contributed by atoms with Crippen LogP contribution in [-0.2, 0) is 11.2 Å². The molecule has 0 aliphatic heterocycles. The third-order valence-corrected chi connectivity index (χ3v) is 2.82. The fourth-order valence-corrected chi connectivity index (χ4v) is 1.91. The summed E-state index contributed by atoms with van der Waals surface area (Å²) in [7, 11) is 0. The standard InChI is InChI=1S/C11H11N5O2S/c12-11-16-15-10(19-11)5-9(18)14-13-6-7-2-1-3-8(17)4-7/h1-4,6,17H,5H2,(H2,12,16)(H,14,18)/b13-6+. The highest BCUT2D eigenvalue weighted by Crippen LogP contribution is 2.11. The van der Waals surface area contributed by atoms with E-state index in [1.807, 2.05) is 0 Å². The van der Waals surface area contributed by atoms with Crippen molar-refractivity contribution < 1.29 is 9.90 Å². The number of nitrogens with two attached hydrogens (primary N) is 1. The monoisotopic (exact) mass is 277 g/mol. The van der Waals surface area contributed by atoms with Crippen LogP contribution in [0.15, 0.2) is 29.4 Å². The molecule has 1 heterocycles. The maximum Gasteiger partial charge on any atom is 0.247 e. The van der Waals surface area contributed by atoms with Gasteiger partial charge in [0.05, 0.1) is 12.6 Å². The zero-order valence-electron chi connectivity index (χ0n) is 9.78. The van der Waals surface area contributed by atoms with Crippen molar-refractivity contribution >= 4 is 28.6 Å². The number of nitrogens with one attached hydrogen (secondary N) is 1. The van der Waals surface area contributed by atoms with Gasteiger partial charge in [0.15, 0.2) is 0 Å². The second-order valence-corrected chi connectivity index (χ2v) is 4.69. The molecule has 0 aliphatic carbocycles. The summed E-state index contributed by atoms with van der Waals surface area (Å²) in [5.74, 6) is -0.174. The first-order valence-corrected chi connectivity index (χ1v) is 6.14. The minimum atomic E-state index is -0.312. The van der Waals surface area contributed by atoms with E-state index in [0.717, 1.165) is 11.3 Å². The highest BCUT2D eigenvalue weighted by Gasteiger charge is 2.06. The van der Waals surface area contributed by atoms with Crippen molar-refractivity contribution in [3.8, 4) is 5.75 Å². The number of nitrogens with zero attached hydrogens (tertiary/aromatic N) is 3. The Balaban J connectivity index is 1.86. The molecule has 0 spiro atoms. The van der Waals surface area contributed by atoms with Gasteiger partial charge < -0.3 is 10.8 Å². The minimum Gasteiger partial charge on any atom is -0.508 e. The van der Waals surface area contributed by atoms with Crippen LogP contribution in [0.2, 0.25) is 0 Å². The normalized spacial score (nSPS) is 10.7. The van der Waals surface area contributed by atoms with Gasteiger partial charge in [-0.05, 0) is 17.7 Å². The summed E-state index contributed by atoms with van der Waals surface area (Å²) < 4.78 is 0. The minimum absolute atomic E-state index is 0.0756. The Bertz CT molecular complexity index is 611. The van der Waals surface area contributed by atoms with Crippen molar-refractivity contribution in [3.63, 3.8) is 0 Å². The van der Waals surface area contributed by atoms with Gasteiger partial charge >= 0.3 is 0 Å². The molecule has 0 saturated heterocycles. The number of phenols is 1. The number of hydrogen-bond acceptors (Lipinski definition) is 7. The van der Waals surface area contributed by atoms with Crippen LogP contribution in [0.3, 0.4) is 0 Å². The van der Waals surface area contributed by atoms with E-state index < -0.39 is 0 Å². The van der Waals surface area contributed by atoms with Crippen LogP contribution in [0.5, 0.6) is 5.75 Å². The third kappa shape index (κ3) is 4.03. The quantitative estimate of drug-likeness (QED) is 0.557. The molecule has 4 N–H and O–H groups in total. The number of carbonyl (C=O) groups is 1. The molecule has 0 radical (unpaired) electrons. The molecule has 2 rings (SSSR count). The summed E-state index contributed by atoms with van der Waals surface area (Å²) in [6, 6.07) is 6.51. The van der Waals surface area contributed by atoms with Crippen molar-refractivity contribution in [2.75, 3.05) is 5.73 Å². The second-order valence-electron chi connectivity index (χ2n) is 3.60. The summed E-state index contributed by atoms with van der Waals surface area (Å²) in [5.41, 5.74) is 8.44. The number of hydrazone groups is 1. The number of phenolic OH excluding ortho intramolecular Hbond substituents is 1. The van der Waals surface area contributed by atoms with E-state index in [-0.39, 0.29) is 18.1 Å². The fraction of sp³-hybridized carbons (Fsp3) is 0.0909. The van der Waals surface area contributed by atoms with E-state index in [2.05, 4.69) is 20.7 Å². The van der Waals surface area contributed by atoms with E-state index in [1.165, 1.54) is 12.3 Å². The number of benzene rings is 1. The van der Waals surface area contributed by atoms with E-state index >= 15 is 0 Å². The largest absolute Gasteiger partial charge is 0.508 e. The molecular formula is C11H11N5O2S. The van der Waals surface area contributed by atoms with Gasteiger partial charge in [-0.15, -0.1) is 10.2 Å². The lowest BCUT2D eigenvalue weighted by Gasteiger charge is -1.97. The lowest BCUT2D eigenvalue weighted by atomic mass is 10.2. The summed E-state index contributed by atoms with van der Waals surface area (Å²) in [4.78, 5) is 11.5. The number of anilines is 1. The highest BCUT2D eigenvalue weighted by molar-refractivity contribution is 7.15. The molecule has 0 saturated carbocycles. The average Bonchev–Trinajstić information content (AvgIpc) is 2.75. The lowest BCUT2D eigenvalue weighted by Crippen LogP contribution is -2.19. The molecule has 2 aromatic rings. The molecule has 1 amide bonds. The van der Waals surface area contributed by atoms with Gasteiger partial charge in [-0.3, -0.25) is 4.79 Å². The van der Waals surface area contributed by atoms with Gasteiger partial charge in [-0.2, -0.15) is 5.10 Å². The number of aromatic hydroxyl groups is 1. The van der Waals surface area contributed by atoms with Gasteiger partial charge in [-0.25, -0.2) is 5.43 Å². The van der Waals surface area contributed by atoms with Gasteiger partial charge in [0.25, 0.3) is 0 Å². The maximum atomic E-state index is 11.5. The van der Waals surface area contributed by atoms with Crippen molar-refractivity contribution in [2.24, 2.45) is 5.10 Å². The smallest absolute Gasteiger partial charge is 0.247 e. The summed E-state index contributed by atoms with van der Waals surface area (Å²) in [6.45, 7) is 0. The summed E-state index contributed by atoms with van der Waals surface area (Å²) in [5, 5.41) is 21.2. The number of rotatable bonds is 4. The Morgan fingerprint density at radius 1 is 1.53 bits per heavy atom. The second kappa shape index (κ2) is 5.91. The first kappa shape index (κ1) is 13.0. The highest BCUT2D eigenvalue weighted by atomic mass is 32.1. The van der Waals surface area contributed by atoms with Crippen LogP contribution < -0.4 is 11.2 Å². The molecule has 1 aromatic carbocycles. The topological polar surface area (TPSA) is 113 Å². The molecule has 0 fully saturated rings. The molecular weight excluding hydrogens is 266 g/mol. The summed E-state index contributed by atoms with van der Waals surface area (Å²) >= 11 is 1.16. The molecule has 19 heavy (non-hydrogen) atoms. The Kier molecular flexibility index (Phi) is 4.04. The lowest BCUT2D eigenvalue weighted by molar-refractivity contribution is -0.120. The predicted octanol–water partition coefficient (Wildman–Crippen LogP) is 0.519. The van der Waals surface area contributed by atoms with Gasteiger partial charge in [-0.1, -0.05) is 23.5 Å². The molecule has 0 bridgehead atoms. The van der Waals surface area contributed by atoms with Crippen molar-refractivity contribution in [3.05, 3.63) is 34.8 Å². The number of amides is 1. The molecule has 7 nitrogen and oxygen atoms in total. The molecule has 8 heteroatoms. The average molecular weight is 277 g/mol. The zero-order chi connectivity index (χ0) is 13.7. The Labute approximate surface area is 112 Å². The van der Waals surface area contributed by atoms with Crippen molar-refractivity contribution in [1.82, 2.24) is 15.6 Å². The van der Waals surface area contributed by atoms with Crippen LogP contribution in [-0.4, -0.2) is 27.4 Å². The van der Waals surface area contributed by atoms with Gasteiger partial charge in [0, 0.05) is 0 Å². The van der Waals surface area contributed by atoms with Crippen LogP contribution in [0.4, 0.5) is 5.13 Å². The predicted molar refractivity (Wildman–Crippen MR) is 71.9 cm³/mol. The number of hydrogen-bond donors (Lipinski definition) is 3.